The Morgan fingerprint density at radius 3 is 0.889 bits per heavy atom. The minimum atomic E-state index is -2.09. The third-order valence-corrected chi connectivity index (χ3v) is 1.17. The maximum absolute atomic E-state index is 9.58. The Kier molecular flexibility index (Phi) is 32.4. The highest BCUT2D eigenvalue weighted by Gasteiger charge is 2.25. The fourth-order valence-corrected chi connectivity index (χ4v) is 0.293. The van der Waals surface area contributed by atoms with Crippen molar-refractivity contribution in [3.8, 4) is 0 Å². The van der Waals surface area contributed by atoms with Crippen molar-refractivity contribution in [2.75, 3.05) is 19.8 Å². The molecule has 9 N–H and O–H groups in total. The standard InChI is InChI=1S/C3H7NO5.C3H8O3.3HNO3/c5-1-2(6)3(7)4(8)9;4-1-3(6)2-5;3*2-1(3)4/h2-3,5-7H,1H2;3-6H,1-2H2;3*(H,2,3,4). The van der Waals surface area contributed by atoms with Gasteiger partial charge in [0.05, 0.1) is 24.7 Å². The Morgan fingerprint density at radius 2 is 0.852 bits per heavy atom. The third-order valence-electron chi connectivity index (χ3n) is 1.17. The van der Waals surface area contributed by atoms with Gasteiger partial charge in [0.15, 0.2) is 6.10 Å². The van der Waals surface area contributed by atoms with E-state index in [-0.39, 0.29) is 13.2 Å². The summed E-state index contributed by atoms with van der Waals surface area (Å²) in [5.41, 5.74) is 0. The van der Waals surface area contributed by atoms with E-state index < -0.39 is 45.2 Å². The molecule has 0 fully saturated rings. The van der Waals surface area contributed by atoms with Crippen LogP contribution in [-0.4, -0.2) is 105 Å². The van der Waals surface area contributed by atoms with Crippen molar-refractivity contribution >= 4 is 0 Å². The summed E-state index contributed by atoms with van der Waals surface area (Å²) in [6, 6.07) is 0. The molecule has 0 aliphatic rings. The van der Waals surface area contributed by atoms with Crippen LogP contribution in [0.1, 0.15) is 0 Å². The van der Waals surface area contributed by atoms with Gasteiger partial charge in [-0.3, -0.25) is 10.1 Å². The van der Waals surface area contributed by atoms with E-state index in [4.69, 9.17) is 76.6 Å². The van der Waals surface area contributed by atoms with E-state index in [0.717, 1.165) is 0 Å². The molecule has 0 bridgehead atoms. The number of hydrogen-bond acceptors (Lipinski definition) is 14. The fourth-order valence-electron chi connectivity index (χ4n) is 0.293. The number of rotatable bonds is 5. The number of nitrogens with zero attached hydrogens (tertiary/aromatic N) is 4. The molecule has 0 radical (unpaired) electrons. The summed E-state index contributed by atoms with van der Waals surface area (Å²) in [5.74, 6) is 0. The summed E-state index contributed by atoms with van der Waals surface area (Å²) < 4.78 is 0. The minimum absolute atomic E-state index is 0.365. The van der Waals surface area contributed by atoms with Crippen LogP contribution in [0.3, 0.4) is 0 Å². The van der Waals surface area contributed by atoms with Crippen molar-refractivity contribution in [3.05, 3.63) is 40.5 Å². The molecule has 0 aliphatic heterocycles. The first-order valence-corrected chi connectivity index (χ1v) is 5.60. The van der Waals surface area contributed by atoms with Crippen LogP contribution in [-0.2, 0) is 0 Å². The molecule has 0 saturated carbocycles. The van der Waals surface area contributed by atoms with Gasteiger partial charge in [0.1, 0.15) is 6.10 Å². The van der Waals surface area contributed by atoms with E-state index in [1.54, 1.807) is 0 Å². The molecule has 164 valence electrons. The fraction of sp³-hybridized carbons (Fsp3) is 1.00. The zero-order valence-corrected chi connectivity index (χ0v) is 12.9. The first-order chi connectivity index (χ1) is 12.1. The normalized spacial score (nSPS) is 10.5. The molecule has 0 heterocycles. The molecule has 0 amide bonds. The van der Waals surface area contributed by atoms with E-state index in [9.17, 15) is 10.1 Å². The second-order valence-electron chi connectivity index (χ2n) is 3.18. The molecule has 2 unspecified atom stereocenters. The average Bonchev–Trinajstić information content (AvgIpc) is 2.51. The lowest BCUT2D eigenvalue weighted by molar-refractivity contribution is -0.742. The summed E-state index contributed by atoms with van der Waals surface area (Å²) >= 11 is 0. The Balaban J connectivity index is -0.0000000787. The molecule has 0 aromatic heterocycles. The molecule has 0 spiro atoms. The smallest absolute Gasteiger partial charge is 0.341 e. The van der Waals surface area contributed by atoms with Crippen LogP contribution in [0.25, 0.3) is 0 Å². The molecule has 0 saturated heterocycles. The van der Waals surface area contributed by atoms with Crippen molar-refractivity contribution in [2.24, 2.45) is 0 Å². The van der Waals surface area contributed by atoms with Crippen LogP contribution < -0.4 is 0 Å². The predicted molar refractivity (Wildman–Crippen MR) is 72.6 cm³/mol. The first-order valence-electron chi connectivity index (χ1n) is 5.60. The molecule has 27 heavy (non-hydrogen) atoms. The number of aliphatic hydroxyl groups is 6. The van der Waals surface area contributed by atoms with Gasteiger partial charge in [-0.05, 0) is 0 Å². The number of nitro groups is 1. The van der Waals surface area contributed by atoms with Gasteiger partial charge in [-0.25, -0.2) is 0 Å². The Hall–Kier alpha value is -3.24. The van der Waals surface area contributed by atoms with Crippen LogP contribution in [0.2, 0.25) is 0 Å². The molecule has 0 aliphatic carbocycles. The van der Waals surface area contributed by atoms with Crippen LogP contribution in [0.4, 0.5) is 0 Å². The maximum Gasteiger partial charge on any atom is 0.341 e. The van der Waals surface area contributed by atoms with E-state index in [2.05, 4.69) is 0 Å². The van der Waals surface area contributed by atoms with Gasteiger partial charge < -0.3 is 46.3 Å². The van der Waals surface area contributed by atoms with Crippen LogP contribution in [0, 0.1) is 40.5 Å². The van der Waals surface area contributed by atoms with E-state index >= 15 is 0 Å². The summed E-state index contributed by atoms with van der Waals surface area (Å²) in [6.07, 6.45) is -4.74. The van der Waals surface area contributed by atoms with E-state index in [0.29, 0.717) is 0 Å². The Morgan fingerprint density at radius 1 is 0.630 bits per heavy atom. The lowest BCUT2D eigenvalue weighted by Gasteiger charge is -2.05. The summed E-state index contributed by atoms with van der Waals surface area (Å²) in [7, 11) is 0. The lowest BCUT2D eigenvalue weighted by atomic mass is 10.3. The zero-order chi connectivity index (χ0) is 23.2. The molecular weight excluding hydrogens is 400 g/mol. The molecule has 0 aromatic carbocycles. The molecule has 0 aromatic rings. The number of hydrogen-bond donors (Lipinski definition) is 9. The van der Waals surface area contributed by atoms with Gasteiger partial charge in [-0.15, -0.1) is 30.3 Å². The van der Waals surface area contributed by atoms with Gasteiger partial charge in [0, 0.05) is 0 Å². The van der Waals surface area contributed by atoms with Crippen LogP contribution >= 0.6 is 0 Å². The molecule has 21 heteroatoms. The van der Waals surface area contributed by atoms with E-state index in [1.165, 1.54) is 0 Å². The second kappa shape index (κ2) is 25.0. The Bertz CT molecular complexity index is 347. The van der Waals surface area contributed by atoms with Gasteiger partial charge >= 0.3 is 6.23 Å². The lowest BCUT2D eigenvalue weighted by Crippen LogP contribution is -2.35. The maximum atomic E-state index is 9.58. The molecule has 21 nitrogen and oxygen atoms in total. The number of aliphatic hydroxyl groups excluding tert-OH is 6. The van der Waals surface area contributed by atoms with Gasteiger partial charge in [-0.1, -0.05) is 0 Å². The zero-order valence-electron chi connectivity index (χ0n) is 12.9. The average molecular weight is 418 g/mol. The summed E-state index contributed by atoms with van der Waals surface area (Å²) in [6.45, 7) is -1.55. The predicted octanol–water partition coefficient (Wildman–Crippen LogP) is -4.78. The first kappa shape index (κ1) is 35.0. The monoisotopic (exact) mass is 418 g/mol. The van der Waals surface area contributed by atoms with Crippen LogP contribution in [0.15, 0.2) is 0 Å². The highest BCUT2D eigenvalue weighted by molar-refractivity contribution is 4.52. The van der Waals surface area contributed by atoms with Crippen molar-refractivity contribution < 1.29 is 66.4 Å². The molecular formula is C6H18N4O17. The molecule has 0 rings (SSSR count). The van der Waals surface area contributed by atoms with Crippen molar-refractivity contribution in [1.29, 1.82) is 0 Å². The quantitative estimate of drug-likeness (QED) is 0.115. The van der Waals surface area contributed by atoms with Gasteiger partial charge in [0.2, 0.25) is 0 Å². The van der Waals surface area contributed by atoms with Gasteiger partial charge in [-0.2, -0.15) is 0 Å². The Labute approximate surface area is 146 Å². The van der Waals surface area contributed by atoms with Crippen molar-refractivity contribution in [3.63, 3.8) is 0 Å². The van der Waals surface area contributed by atoms with Crippen molar-refractivity contribution in [1.82, 2.24) is 0 Å². The van der Waals surface area contributed by atoms with Crippen molar-refractivity contribution in [2.45, 2.75) is 18.4 Å². The largest absolute Gasteiger partial charge is 0.394 e. The summed E-state index contributed by atoms with van der Waals surface area (Å²) in [4.78, 5) is 33.6. The minimum Gasteiger partial charge on any atom is -0.394 e. The second-order valence-corrected chi connectivity index (χ2v) is 3.18. The van der Waals surface area contributed by atoms with Gasteiger partial charge in [0.25, 0.3) is 15.3 Å². The van der Waals surface area contributed by atoms with Crippen LogP contribution in [0.5, 0.6) is 0 Å². The van der Waals surface area contributed by atoms with E-state index in [1.807, 2.05) is 0 Å². The summed E-state index contributed by atoms with van der Waals surface area (Å²) in [5, 5.41) is 99.2. The topological polar surface area (TPSA) is 355 Å². The molecule has 2 atom stereocenters. The highest BCUT2D eigenvalue weighted by atomic mass is 16.9. The third kappa shape index (κ3) is 84.7. The SMILES string of the molecule is O=[N+]([O-])C(O)C(O)CO.O=[N+]([O-])O.O=[N+]([O-])O.O=[N+]([O-])O.OCC(O)CO. The highest BCUT2D eigenvalue weighted by Crippen LogP contribution is 1.91.